The van der Waals surface area contributed by atoms with Crippen LogP contribution in [0.5, 0.6) is 0 Å². The molecule has 2 N–H and O–H groups in total. The smallest absolute Gasteiger partial charge is 0.315 e. The fourth-order valence-electron chi connectivity index (χ4n) is 2.13. The molecule has 0 aliphatic heterocycles. The van der Waals surface area contributed by atoms with Crippen LogP contribution < -0.4 is 10.6 Å². The van der Waals surface area contributed by atoms with E-state index < -0.39 is 0 Å². The summed E-state index contributed by atoms with van der Waals surface area (Å²) in [7, 11) is 0. The predicted octanol–water partition coefficient (Wildman–Crippen LogP) is 4.50. The van der Waals surface area contributed by atoms with Gasteiger partial charge in [-0.2, -0.15) is 11.3 Å². The van der Waals surface area contributed by atoms with Crippen LogP contribution in [-0.2, 0) is 6.42 Å². The Morgan fingerprint density at radius 2 is 2.10 bits per heavy atom. The van der Waals surface area contributed by atoms with Gasteiger partial charge in [-0.15, -0.1) is 0 Å². The van der Waals surface area contributed by atoms with Crippen LogP contribution in [0, 0.1) is 0 Å². The average Bonchev–Trinajstić information content (AvgIpc) is 2.91. The number of hydrogen-bond donors (Lipinski definition) is 2. The number of carbonyl (C=O) groups is 1. The molecule has 112 valence electrons. The molecule has 3 nitrogen and oxygen atoms in total. The van der Waals surface area contributed by atoms with Crippen molar-refractivity contribution >= 4 is 33.3 Å². The molecule has 2 rings (SSSR count). The molecule has 1 heterocycles. The summed E-state index contributed by atoms with van der Waals surface area (Å²) in [5.41, 5.74) is 2.33. The maximum atomic E-state index is 12.0. The van der Waals surface area contributed by atoms with Gasteiger partial charge in [-0.3, -0.25) is 0 Å². The molecule has 0 spiro atoms. The van der Waals surface area contributed by atoms with Crippen molar-refractivity contribution in [2.24, 2.45) is 0 Å². The van der Waals surface area contributed by atoms with Crippen molar-refractivity contribution < 1.29 is 4.79 Å². The number of benzene rings is 1. The number of rotatable bonds is 5. The molecule has 0 bridgehead atoms. The Morgan fingerprint density at radius 3 is 2.76 bits per heavy atom. The van der Waals surface area contributed by atoms with Crippen LogP contribution in [0.1, 0.15) is 31.0 Å². The van der Waals surface area contributed by atoms with E-state index in [0.29, 0.717) is 0 Å². The Kier molecular flexibility index (Phi) is 5.82. The Hall–Kier alpha value is -1.33. The van der Waals surface area contributed by atoms with Gasteiger partial charge in [-0.05, 0) is 60.4 Å². The number of thiophene rings is 1. The van der Waals surface area contributed by atoms with E-state index in [-0.39, 0.29) is 18.1 Å². The number of amides is 2. The molecule has 0 fully saturated rings. The van der Waals surface area contributed by atoms with E-state index in [4.69, 9.17) is 0 Å². The van der Waals surface area contributed by atoms with Crippen molar-refractivity contribution in [1.29, 1.82) is 0 Å². The third-order valence-corrected chi connectivity index (χ3v) is 4.42. The first-order valence-corrected chi connectivity index (χ1v) is 8.61. The first-order chi connectivity index (χ1) is 10.0. The van der Waals surface area contributed by atoms with Crippen molar-refractivity contribution in [3.05, 3.63) is 56.7 Å². The molecular formula is C16H19BrN2OS. The van der Waals surface area contributed by atoms with Gasteiger partial charge in [-0.25, -0.2) is 4.79 Å². The van der Waals surface area contributed by atoms with Gasteiger partial charge in [0.25, 0.3) is 0 Å². The fraction of sp³-hybridized carbons (Fsp3) is 0.312. The number of halogens is 1. The van der Waals surface area contributed by atoms with Gasteiger partial charge in [0.2, 0.25) is 0 Å². The monoisotopic (exact) mass is 366 g/mol. The Balaban J connectivity index is 1.83. The lowest BCUT2D eigenvalue weighted by molar-refractivity contribution is 0.234. The molecule has 1 aromatic heterocycles. The molecule has 2 atom stereocenters. The van der Waals surface area contributed by atoms with E-state index >= 15 is 0 Å². The van der Waals surface area contributed by atoms with Crippen LogP contribution in [0.3, 0.4) is 0 Å². The minimum atomic E-state index is -0.134. The van der Waals surface area contributed by atoms with Crippen LogP contribution >= 0.6 is 27.3 Å². The van der Waals surface area contributed by atoms with E-state index in [9.17, 15) is 4.79 Å². The van der Waals surface area contributed by atoms with Crippen LogP contribution in [0.25, 0.3) is 0 Å². The van der Waals surface area contributed by atoms with Crippen LogP contribution in [-0.4, -0.2) is 12.1 Å². The summed E-state index contributed by atoms with van der Waals surface area (Å²) >= 11 is 5.12. The Bertz CT molecular complexity index is 586. The minimum Gasteiger partial charge on any atom is -0.335 e. The molecule has 5 heteroatoms. The summed E-state index contributed by atoms with van der Waals surface area (Å²) < 4.78 is 1.01. The number of nitrogens with one attached hydrogen (secondary N) is 2. The average molecular weight is 367 g/mol. The van der Waals surface area contributed by atoms with E-state index in [2.05, 4.69) is 43.4 Å². The highest BCUT2D eigenvalue weighted by Crippen LogP contribution is 2.17. The molecule has 2 amide bonds. The molecule has 0 saturated heterocycles. The van der Waals surface area contributed by atoms with Gasteiger partial charge in [0, 0.05) is 10.5 Å². The van der Waals surface area contributed by atoms with E-state index in [1.165, 1.54) is 5.56 Å². The van der Waals surface area contributed by atoms with E-state index in [1.54, 1.807) is 11.3 Å². The molecule has 2 unspecified atom stereocenters. The first-order valence-electron chi connectivity index (χ1n) is 6.88. The van der Waals surface area contributed by atoms with Gasteiger partial charge in [0.05, 0.1) is 6.04 Å². The van der Waals surface area contributed by atoms with Crippen molar-refractivity contribution in [3.8, 4) is 0 Å². The molecular weight excluding hydrogens is 348 g/mol. The highest BCUT2D eigenvalue weighted by Gasteiger charge is 2.12. The second kappa shape index (κ2) is 7.61. The topological polar surface area (TPSA) is 41.1 Å². The van der Waals surface area contributed by atoms with E-state index in [1.807, 2.05) is 38.1 Å². The summed E-state index contributed by atoms with van der Waals surface area (Å²) in [6, 6.07) is 9.98. The second-order valence-corrected chi connectivity index (χ2v) is 6.83. The fourth-order valence-corrected chi connectivity index (χ4v) is 3.23. The summed E-state index contributed by atoms with van der Waals surface area (Å²) in [6.45, 7) is 3.99. The summed E-state index contributed by atoms with van der Waals surface area (Å²) in [4.78, 5) is 12.0. The number of hydrogen-bond acceptors (Lipinski definition) is 2. The summed E-state index contributed by atoms with van der Waals surface area (Å²) in [6.07, 6.45) is 0.849. The third-order valence-electron chi connectivity index (χ3n) is 3.20. The van der Waals surface area contributed by atoms with Crippen molar-refractivity contribution in [3.63, 3.8) is 0 Å². The predicted molar refractivity (Wildman–Crippen MR) is 91.7 cm³/mol. The molecule has 0 aliphatic carbocycles. The van der Waals surface area contributed by atoms with Gasteiger partial charge in [-0.1, -0.05) is 28.1 Å². The summed E-state index contributed by atoms with van der Waals surface area (Å²) in [5, 5.41) is 10.1. The highest BCUT2D eigenvalue weighted by molar-refractivity contribution is 9.10. The zero-order valence-electron chi connectivity index (χ0n) is 12.1. The zero-order chi connectivity index (χ0) is 15.2. The minimum absolute atomic E-state index is 0.0316. The number of carbonyl (C=O) groups excluding carboxylic acids is 1. The summed E-state index contributed by atoms with van der Waals surface area (Å²) in [5.74, 6) is 0. The normalized spacial score (nSPS) is 13.5. The van der Waals surface area contributed by atoms with Crippen molar-refractivity contribution in [2.45, 2.75) is 32.4 Å². The second-order valence-electron chi connectivity index (χ2n) is 5.13. The lowest BCUT2D eigenvalue weighted by Crippen LogP contribution is -2.42. The quantitative estimate of drug-likeness (QED) is 0.803. The Morgan fingerprint density at radius 1 is 1.29 bits per heavy atom. The third kappa shape index (κ3) is 5.17. The maximum absolute atomic E-state index is 12.0. The van der Waals surface area contributed by atoms with Gasteiger partial charge in [0.15, 0.2) is 0 Å². The standard InChI is InChI=1S/C16H19BrN2OS/c1-11(8-13-6-7-21-10-13)18-16(20)19-12(2)14-4-3-5-15(17)9-14/h3-7,9-12H,8H2,1-2H3,(H2,18,19,20). The van der Waals surface area contributed by atoms with E-state index in [0.717, 1.165) is 16.5 Å². The number of urea groups is 1. The lowest BCUT2D eigenvalue weighted by atomic mass is 10.1. The first kappa shape index (κ1) is 16.0. The molecule has 2 aromatic rings. The SMILES string of the molecule is CC(Cc1ccsc1)NC(=O)NC(C)c1cccc(Br)c1. The van der Waals surface area contributed by atoms with Gasteiger partial charge >= 0.3 is 6.03 Å². The Labute approximate surface area is 137 Å². The largest absolute Gasteiger partial charge is 0.335 e. The highest BCUT2D eigenvalue weighted by atomic mass is 79.9. The molecule has 0 radical (unpaired) electrons. The maximum Gasteiger partial charge on any atom is 0.315 e. The van der Waals surface area contributed by atoms with Crippen molar-refractivity contribution in [2.75, 3.05) is 0 Å². The lowest BCUT2D eigenvalue weighted by Gasteiger charge is -2.18. The van der Waals surface area contributed by atoms with Gasteiger partial charge in [0.1, 0.15) is 0 Å². The van der Waals surface area contributed by atoms with Crippen LogP contribution in [0.4, 0.5) is 4.79 Å². The van der Waals surface area contributed by atoms with Crippen molar-refractivity contribution in [1.82, 2.24) is 10.6 Å². The molecule has 0 saturated carbocycles. The molecule has 0 aliphatic rings. The molecule has 21 heavy (non-hydrogen) atoms. The van der Waals surface area contributed by atoms with Crippen LogP contribution in [0.2, 0.25) is 0 Å². The van der Waals surface area contributed by atoms with Gasteiger partial charge < -0.3 is 10.6 Å². The molecule has 1 aromatic carbocycles. The van der Waals surface area contributed by atoms with Crippen LogP contribution in [0.15, 0.2) is 45.6 Å². The zero-order valence-corrected chi connectivity index (χ0v) is 14.5.